The van der Waals surface area contributed by atoms with Gasteiger partial charge in [-0.25, -0.2) is 0 Å². The summed E-state index contributed by atoms with van der Waals surface area (Å²) in [6.07, 6.45) is 2.73. The van der Waals surface area contributed by atoms with E-state index in [1.807, 2.05) is 43.3 Å². The molecule has 184 valence electrons. The number of aliphatic hydroxyl groups excluding tert-OH is 1. The van der Waals surface area contributed by atoms with Crippen molar-refractivity contribution in [1.29, 1.82) is 0 Å². The van der Waals surface area contributed by atoms with Gasteiger partial charge in [-0.1, -0.05) is 12.1 Å². The SMILES string of the molecule is CCOc1cc2c(cc1OC)C(c1cccc(NC(=O)C3CCC(=O)N3)c1)=NC1CCC(O)CC21. The number of benzene rings is 2. The molecule has 2 fully saturated rings. The summed E-state index contributed by atoms with van der Waals surface area (Å²) in [5.74, 6) is 1.11. The third kappa shape index (κ3) is 4.62. The Morgan fingerprint density at radius 3 is 2.80 bits per heavy atom. The van der Waals surface area contributed by atoms with Gasteiger partial charge in [0.2, 0.25) is 11.8 Å². The van der Waals surface area contributed by atoms with Crippen molar-refractivity contribution in [3.63, 3.8) is 0 Å². The highest BCUT2D eigenvalue weighted by Crippen LogP contribution is 2.45. The van der Waals surface area contributed by atoms with Crippen LogP contribution < -0.4 is 20.1 Å². The van der Waals surface area contributed by atoms with Gasteiger partial charge in [0.25, 0.3) is 0 Å². The van der Waals surface area contributed by atoms with Crippen LogP contribution in [0.1, 0.15) is 61.6 Å². The number of carbonyl (C=O) groups excluding carboxylic acids is 2. The van der Waals surface area contributed by atoms with Crippen LogP contribution in [-0.2, 0) is 9.59 Å². The summed E-state index contributed by atoms with van der Waals surface area (Å²) in [6, 6.07) is 11.2. The molecule has 2 amide bonds. The Bertz CT molecular complexity index is 1180. The first kappa shape index (κ1) is 23.4. The average Bonchev–Trinajstić information content (AvgIpc) is 3.30. The van der Waals surface area contributed by atoms with Crippen LogP contribution in [0.25, 0.3) is 0 Å². The van der Waals surface area contributed by atoms with E-state index in [0.29, 0.717) is 43.1 Å². The van der Waals surface area contributed by atoms with Gasteiger partial charge in [-0.05, 0) is 62.4 Å². The van der Waals surface area contributed by atoms with Gasteiger partial charge in [-0.15, -0.1) is 0 Å². The van der Waals surface area contributed by atoms with Crippen molar-refractivity contribution in [1.82, 2.24) is 5.32 Å². The molecule has 0 spiro atoms. The smallest absolute Gasteiger partial charge is 0.246 e. The number of aliphatic imine (C=N–C) groups is 1. The normalized spacial score (nSPS) is 25.1. The summed E-state index contributed by atoms with van der Waals surface area (Å²) < 4.78 is 11.5. The first-order chi connectivity index (χ1) is 17.0. The molecule has 5 rings (SSSR count). The molecule has 8 nitrogen and oxygen atoms in total. The summed E-state index contributed by atoms with van der Waals surface area (Å²) in [5, 5.41) is 16.0. The second-order valence-corrected chi connectivity index (χ2v) is 9.37. The summed E-state index contributed by atoms with van der Waals surface area (Å²) in [5.41, 5.74) is 4.43. The Labute approximate surface area is 204 Å². The highest BCUT2D eigenvalue weighted by atomic mass is 16.5. The maximum absolute atomic E-state index is 12.6. The summed E-state index contributed by atoms with van der Waals surface area (Å²) in [6.45, 7) is 2.46. The minimum absolute atomic E-state index is 0.0655. The number of rotatable bonds is 6. The molecular weight excluding hydrogens is 446 g/mol. The Kier molecular flexibility index (Phi) is 6.47. The average molecular weight is 478 g/mol. The van der Waals surface area contributed by atoms with Crippen LogP contribution in [0, 0.1) is 0 Å². The van der Waals surface area contributed by atoms with Crippen LogP contribution in [0.4, 0.5) is 5.69 Å². The number of amides is 2. The van der Waals surface area contributed by atoms with Crippen molar-refractivity contribution >= 4 is 23.2 Å². The molecule has 0 aromatic heterocycles. The van der Waals surface area contributed by atoms with Crippen LogP contribution in [0.15, 0.2) is 41.4 Å². The van der Waals surface area contributed by atoms with Crippen LogP contribution >= 0.6 is 0 Å². The maximum atomic E-state index is 12.6. The van der Waals surface area contributed by atoms with Crippen molar-refractivity contribution in [2.24, 2.45) is 4.99 Å². The quantitative estimate of drug-likeness (QED) is 0.592. The number of anilines is 1. The summed E-state index contributed by atoms with van der Waals surface area (Å²) >= 11 is 0. The molecule has 0 radical (unpaired) electrons. The van der Waals surface area contributed by atoms with Crippen LogP contribution in [0.3, 0.4) is 0 Å². The number of aliphatic hydroxyl groups is 1. The first-order valence-corrected chi connectivity index (χ1v) is 12.3. The minimum atomic E-state index is -0.505. The van der Waals surface area contributed by atoms with Gasteiger partial charge in [0.05, 0.1) is 31.6 Å². The zero-order chi connectivity index (χ0) is 24.5. The number of ether oxygens (including phenoxy) is 2. The largest absolute Gasteiger partial charge is 0.493 e. The molecule has 1 aliphatic carbocycles. The molecule has 2 heterocycles. The molecule has 3 aliphatic rings. The van der Waals surface area contributed by atoms with E-state index in [1.165, 1.54) is 0 Å². The van der Waals surface area contributed by atoms with Gasteiger partial charge in [-0.2, -0.15) is 0 Å². The van der Waals surface area contributed by atoms with Gasteiger partial charge < -0.3 is 25.2 Å². The number of nitrogens with one attached hydrogen (secondary N) is 2. The molecule has 35 heavy (non-hydrogen) atoms. The van der Waals surface area contributed by atoms with E-state index >= 15 is 0 Å². The van der Waals surface area contributed by atoms with Crippen LogP contribution in [0.2, 0.25) is 0 Å². The monoisotopic (exact) mass is 477 g/mol. The predicted molar refractivity (Wildman–Crippen MR) is 132 cm³/mol. The molecule has 3 N–H and O–H groups in total. The lowest BCUT2D eigenvalue weighted by Crippen LogP contribution is -2.37. The van der Waals surface area contributed by atoms with Crippen molar-refractivity contribution in [3.8, 4) is 11.5 Å². The highest BCUT2D eigenvalue weighted by Gasteiger charge is 2.37. The van der Waals surface area contributed by atoms with Gasteiger partial charge in [0.1, 0.15) is 6.04 Å². The molecule has 1 saturated carbocycles. The summed E-state index contributed by atoms with van der Waals surface area (Å²) in [4.78, 5) is 29.3. The fraction of sp³-hybridized carbons (Fsp3) is 0.444. The third-order valence-electron chi connectivity index (χ3n) is 7.09. The van der Waals surface area contributed by atoms with Crippen molar-refractivity contribution in [2.45, 2.75) is 63.1 Å². The Morgan fingerprint density at radius 1 is 1.20 bits per heavy atom. The number of methoxy groups -OCH3 is 1. The van der Waals surface area contributed by atoms with E-state index in [9.17, 15) is 14.7 Å². The number of carbonyl (C=O) groups is 2. The maximum Gasteiger partial charge on any atom is 0.246 e. The molecular formula is C27H31N3O5. The van der Waals surface area contributed by atoms with Crippen molar-refractivity contribution in [3.05, 3.63) is 53.1 Å². The molecule has 2 aromatic carbocycles. The van der Waals surface area contributed by atoms with E-state index in [4.69, 9.17) is 14.5 Å². The Hall–Kier alpha value is -3.39. The van der Waals surface area contributed by atoms with E-state index in [-0.39, 0.29) is 29.9 Å². The molecule has 2 aliphatic heterocycles. The molecule has 4 atom stereocenters. The van der Waals surface area contributed by atoms with E-state index in [1.54, 1.807) is 7.11 Å². The first-order valence-electron chi connectivity index (χ1n) is 12.3. The molecule has 2 aromatic rings. The lowest BCUT2D eigenvalue weighted by atomic mass is 9.74. The van der Waals surface area contributed by atoms with Gasteiger partial charge in [-0.3, -0.25) is 14.6 Å². The fourth-order valence-electron chi connectivity index (χ4n) is 5.39. The standard InChI is InChI=1S/C27H31N3O5/c1-3-35-24-13-18-19-12-17(31)7-8-21(19)30-26(20(18)14-23(24)34-2)15-5-4-6-16(11-15)28-27(33)22-9-10-25(32)29-22/h4-6,11,13-14,17,19,21-22,31H,3,7-10,12H2,1-2H3,(H,28,33)(H,29,32). The second kappa shape index (κ2) is 9.70. The Morgan fingerprint density at radius 2 is 2.06 bits per heavy atom. The van der Waals surface area contributed by atoms with E-state index in [2.05, 4.69) is 10.6 Å². The van der Waals surface area contributed by atoms with Gasteiger partial charge in [0.15, 0.2) is 11.5 Å². The second-order valence-electron chi connectivity index (χ2n) is 9.37. The molecule has 8 heteroatoms. The molecule has 1 saturated heterocycles. The number of nitrogens with zero attached hydrogens (tertiary/aromatic N) is 1. The van der Waals surface area contributed by atoms with E-state index in [0.717, 1.165) is 35.2 Å². The zero-order valence-electron chi connectivity index (χ0n) is 20.0. The predicted octanol–water partition coefficient (Wildman–Crippen LogP) is 3.16. The highest BCUT2D eigenvalue weighted by molar-refractivity contribution is 6.15. The number of hydrogen-bond acceptors (Lipinski definition) is 6. The summed E-state index contributed by atoms with van der Waals surface area (Å²) in [7, 11) is 1.62. The number of fused-ring (bicyclic) bond motifs is 3. The lowest BCUT2D eigenvalue weighted by Gasteiger charge is -2.37. The van der Waals surface area contributed by atoms with Crippen molar-refractivity contribution in [2.75, 3.05) is 19.0 Å². The van der Waals surface area contributed by atoms with Gasteiger partial charge >= 0.3 is 0 Å². The lowest BCUT2D eigenvalue weighted by molar-refractivity contribution is -0.122. The topological polar surface area (TPSA) is 109 Å². The number of hydrogen-bond donors (Lipinski definition) is 3. The minimum Gasteiger partial charge on any atom is -0.493 e. The van der Waals surface area contributed by atoms with Gasteiger partial charge in [0, 0.05) is 29.2 Å². The van der Waals surface area contributed by atoms with Crippen LogP contribution in [-0.4, -0.2) is 54.5 Å². The van der Waals surface area contributed by atoms with Crippen molar-refractivity contribution < 1.29 is 24.2 Å². The van der Waals surface area contributed by atoms with Crippen LogP contribution in [0.5, 0.6) is 11.5 Å². The molecule has 4 unspecified atom stereocenters. The Balaban J connectivity index is 1.52. The fourth-order valence-corrected chi connectivity index (χ4v) is 5.39. The molecule has 0 bridgehead atoms. The van der Waals surface area contributed by atoms with E-state index < -0.39 is 6.04 Å². The third-order valence-corrected chi connectivity index (χ3v) is 7.09. The zero-order valence-corrected chi connectivity index (χ0v) is 20.0.